The summed E-state index contributed by atoms with van der Waals surface area (Å²) in [6.07, 6.45) is 2.37. The lowest BCUT2D eigenvalue weighted by molar-refractivity contribution is -0.148. The summed E-state index contributed by atoms with van der Waals surface area (Å²) in [6.45, 7) is 2.34. The molecule has 0 spiro atoms. The van der Waals surface area contributed by atoms with Gasteiger partial charge in [-0.25, -0.2) is 9.78 Å². The molecule has 8 heteroatoms. The van der Waals surface area contributed by atoms with Crippen molar-refractivity contribution in [3.8, 4) is 0 Å². The van der Waals surface area contributed by atoms with E-state index in [-0.39, 0.29) is 19.2 Å². The maximum absolute atomic E-state index is 11.8. The zero-order valence-electron chi connectivity index (χ0n) is 11.1. The standard InChI is InChI=1S/C12H17N3O4S/c1-12(10(16)17)7-19-6-8(12)15-11(18)14-3-2-9-13-4-5-20-9/h4-5,8H,2-3,6-7H2,1H3,(H,16,17)(H2,14,15,18). The number of carboxylic acids is 1. The first-order valence-corrected chi connectivity index (χ1v) is 7.14. The Balaban J connectivity index is 1.78. The smallest absolute Gasteiger partial charge is 0.315 e. The van der Waals surface area contributed by atoms with Crippen molar-refractivity contribution in [3.05, 3.63) is 16.6 Å². The average Bonchev–Trinajstić information content (AvgIpc) is 3.01. The highest BCUT2D eigenvalue weighted by Crippen LogP contribution is 2.28. The number of urea groups is 1. The van der Waals surface area contributed by atoms with Gasteiger partial charge in [0.2, 0.25) is 0 Å². The number of carboxylic acid groups (broad SMARTS) is 1. The minimum absolute atomic E-state index is 0.104. The number of nitrogens with one attached hydrogen (secondary N) is 2. The number of nitrogens with zero attached hydrogens (tertiary/aromatic N) is 1. The Bertz CT molecular complexity index is 479. The third-order valence-electron chi connectivity index (χ3n) is 3.36. The number of amides is 2. The minimum Gasteiger partial charge on any atom is -0.481 e. The van der Waals surface area contributed by atoms with Gasteiger partial charge in [-0.05, 0) is 6.92 Å². The third-order valence-corrected chi connectivity index (χ3v) is 4.20. The van der Waals surface area contributed by atoms with Crippen molar-refractivity contribution in [2.45, 2.75) is 19.4 Å². The second-order valence-electron chi connectivity index (χ2n) is 4.87. The molecule has 1 aliphatic rings. The van der Waals surface area contributed by atoms with Gasteiger partial charge in [-0.15, -0.1) is 11.3 Å². The Morgan fingerprint density at radius 2 is 2.45 bits per heavy atom. The van der Waals surface area contributed by atoms with Crippen LogP contribution in [0.2, 0.25) is 0 Å². The van der Waals surface area contributed by atoms with Crippen LogP contribution in [0.25, 0.3) is 0 Å². The van der Waals surface area contributed by atoms with Gasteiger partial charge >= 0.3 is 12.0 Å². The molecule has 2 atom stereocenters. The van der Waals surface area contributed by atoms with Gasteiger partial charge in [0.15, 0.2) is 0 Å². The summed E-state index contributed by atoms with van der Waals surface area (Å²) in [5.74, 6) is -0.969. The van der Waals surface area contributed by atoms with E-state index >= 15 is 0 Å². The molecular formula is C12H17N3O4S. The Morgan fingerprint density at radius 1 is 1.65 bits per heavy atom. The first-order valence-electron chi connectivity index (χ1n) is 6.26. The summed E-state index contributed by atoms with van der Waals surface area (Å²) in [4.78, 5) is 27.1. The molecule has 0 aliphatic carbocycles. The van der Waals surface area contributed by atoms with Crippen molar-refractivity contribution in [1.82, 2.24) is 15.6 Å². The van der Waals surface area contributed by atoms with E-state index in [2.05, 4.69) is 15.6 Å². The molecule has 1 saturated heterocycles. The van der Waals surface area contributed by atoms with Crippen LogP contribution in [0.5, 0.6) is 0 Å². The topological polar surface area (TPSA) is 101 Å². The maximum Gasteiger partial charge on any atom is 0.315 e. The van der Waals surface area contributed by atoms with E-state index in [0.29, 0.717) is 13.0 Å². The predicted octanol–water partition coefficient (Wildman–Crippen LogP) is 0.474. The summed E-state index contributed by atoms with van der Waals surface area (Å²) in [5.41, 5.74) is -1.08. The Labute approximate surface area is 120 Å². The van der Waals surface area contributed by atoms with Gasteiger partial charge in [-0.2, -0.15) is 0 Å². The molecule has 20 heavy (non-hydrogen) atoms. The molecule has 0 radical (unpaired) electrons. The maximum atomic E-state index is 11.8. The lowest BCUT2D eigenvalue weighted by atomic mass is 9.85. The second kappa shape index (κ2) is 6.19. The fourth-order valence-electron chi connectivity index (χ4n) is 1.95. The third kappa shape index (κ3) is 3.26. The van der Waals surface area contributed by atoms with E-state index in [1.165, 1.54) is 11.3 Å². The van der Waals surface area contributed by atoms with Crippen molar-refractivity contribution in [3.63, 3.8) is 0 Å². The molecule has 0 saturated carbocycles. The van der Waals surface area contributed by atoms with Crippen molar-refractivity contribution < 1.29 is 19.4 Å². The number of ether oxygens (including phenoxy) is 1. The second-order valence-corrected chi connectivity index (χ2v) is 5.85. The lowest BCUT2D eigenvalue weighted by Gasteiger charge is -2.25. The van der Waals surface area contributed by atoms with Crippen molar-refractivity contribution >= 4 is 23.3 Å². The highest BCUT2D eigenvalue weighted by molar-refractivity contribution is 7.09. The van der Waals surface area contributed by atoms with Crippen molar-refractivity contribution in [2.75, 3.05) is 19.8 Å². The molecule has 2 amide bonds. The van der Waals surface area contributed by atoms with Crippen LogP contribution < -0.4 is 10.6 Å². The number of thiazole rings is 1. The minimum atomic E-state index is -1.08. The van der Waals surface area contributed by atoms with Gasteiger partial charge in [0, 0.05) is 24.5 Å². The molecule has 1 aliphatic heterocycles. The van der Waals surface area contributed by atoms with E-state index in [9.17, 15) is 14.7 Å². The highest BCUT2D eigenvalue weighted by atomic mass is 32.1. The van der Waals surface area contributed by atoms with E-state index in [1.54, 1.807) is 13.1 Å². The number of hydrogen-bond donors (Lipinski definition) is 3. The molecule has 2 heterocycles. The van der Waals surface area contributed by atoms with Gasteiger partial charge in [0.05, 0.1) is 24.3 Å². The number of carbonyl (C=O) groups is 2. The zero-order valence-corrected chi connectivity index (χ0v) is 11.9. The SMILES string of the molecule is CC1(C(=O)O)COCC1NC(=O)NCCc1nccs1. The molecule has 0 aromatic carbocycles. The fourth-order valence-corrected chi connectivity index (χ4v) is 2.57. The van der Waals surface area contributed by atoms with Gasteiger partial charge in [0.25, 0.3) is 0 Å². The monoisotopic (exact) mass is 299 g/mol. The first kappa shape index (κ1) is 14.7. The van der Waals surface area contributed by atoms with Crippen LogP contribution in [0.15, 0.2) is 11.6 Å². The number of aromatic nitrogens is 1. The zero-order chi connectivity index (χ0) is 14.6. The molecule has 110 valence electrons. The Kier molecular flexibility index (Phi) is 4.56. The molecule has 7 nitrogen and oxygen atoms in total. The van der Waals surface area contributed by atoms with Crippen molar-refractivity contribution in [1.29, 1.82) is 0 Å². The quantitative estimate of drug-likeness (QED) is 0.734. The Morgan fingerprint density at radius 3 is 3.10 bits per heavy atom. The van der Waals surface area contributed by atoms with Crippen LogP contribution in [0.1, 0.15) is 11.9 Å². The van der Waals surface area contributed by atoms with Crippen LogP contribution in [-0.2, 0) is 16.0 Å². The van der Waals surface area contributed by atoms with Gasteiger partial charge < -0.3 is 20.5 Å². The van der Waals surface area contributed by atoms with E-state index in [4.69, 9.17) is 4.74 Å². The molecule has 2 unspecified atom stereocenters. The normalized spacial score (nSPS) is 25.4. The molecule has 1 aromatic heterocycles. The van der Waals surface area contributed by atoms with Gasteiger partial charge in [0.1, 0.15) is 5.41 Å². The molecule has 0 bridgehead atoms. The van der Waals surface area contributed by atoms with E-state index in [0.717, 1.165) is 5.01 Å². The molecule has 1 fully saturated rings. The summed E-state index contributed by atoms with van der Waals surface area (Å²) in [6, 6.07) is -0.913. The predicted molar refractivity (Wildman–Crippen MR) is 72.7 cm³/mol. The van der Waals surface area contributed by atoms with Crippen LogP contribution in [0.3, 0.4) is 0 Å². The van der Waals surface area contributed by atoms with Crippen LogP contribution >= 0.6 is 11.3 Å². The summed E-state index contributed by atoms with van der Waals surface area (Å²) >= 11 is 1.53. The number of rotatable bonds is 5. The fraction of sp³-hybridized carbons (Fsp3) is 0.583. The van der Waals surface area contributed by atoms with E-state index in [1.807, 2.05) is 5.38 Å². The van der Waals surface area contributed by atoms with Crippen LogP contribution in [0, 0.1) is 5.41 Å². The summed E-state index contributed by atoms with van der Waals surface area (Å²) in [7, 11) is 0. The van der Waals surface area contributed by atoms with Gasteiger partial charge in [-0.1, -0.05) is 0 Å². The molecular weight excluding hydrogens is 282 g/mol. The summed E-state index contributed by atoms with van der Waals surface area (Å²) < 4.78 is 5.17. The summed E-state index contributed by atoms with van der Waals surface area (Å²) in [5, 5.41) is 17.4. The lowest BCUT2D eigenvalue weighted by Crippen LogP contribution is -2.52. The number of aliphatic carboxylic acids is 1. The molecule has 2 rings (SSSR count). The number of hydrogen-bond acceptors (Lipinski definition) is 5. The largest absolute Gasteiger partial charge is 0.481 e. The van der Waals surface area contributed by atoms with E-state index < -0.39 is 17.4 Å². The van der Waals surface area contributed by atoms with Crippen molar-refractivity contribution in [2.24, 2.45) is 5.41 Å². The average molecular weight is 299 g/mol. The van der Waals surface area contributed by atoms with Crippen LogP contribution in [0.4, 0.5) is 4.79 Å². The first-order chi connectivity index (χ1) is 9.52. The molecule has 1 aromatic rings. The van der Waals surface area contributed by atoms with Gasteiger partial charge in [-0.3, -0.25) is 4.79 Å². The number of carbonyl (C=O) groups excluding carboxylic acids is 1. The molecule has 3 N–H and O–H groups in total. The van der Waals surface area contributed by atoms with Crippen LogP contribution in [-0.4, -0.2) is 47.9 Å². The Hall–Kier alpha value is -1.67. The highest BCUT2D eigenvalue weighted by Gasteiger charge is 2.47.